The van der Waals surface area contributed by atoms with E-state index in [2.05, 4.69) is 10.3 Å². The molecule has 3 aromatic heterocycles. The first-order valence-corrected chi connectivity index (χ1v) is 9.43. The summed E-state index contributed by atoms with van der Waals surface area (Å²) in [5.41, 5.74) is 8.48. The summed E-state index contributed by atoms with van der Waals surface area (Å²) in [4.78, 5) is 41.7. The van der Waals surface area contributed by atoms with Crippen molar-refractivity contribution < 1.29 is 19.1 Å². The maximum Gasteiger partial charge on any atom is 0.341 e. The topological polar surface area (TPSA) is 116 Å². The fourth-order valence-corrected chi connectivity index (χ4v) is 4.03. The molecular weight excluding hydrogens is 380 g/mol. The van der Waals surface area contributed by atoms with Gasteiger partial charge >= 0.3 is 5.97 Å². The van der Waals surface area contributed by atoms with E-state index in [9.17, 15) is 14.4 Å². The molecule has 3 rings (SSSR count). The summed E-state index contributed by atoms with van der Waals surface area (Å²) in [7, 11) is 0. The Kier molecular flexibility index (Phi) is 5.19. The Hall–Kier alpha value is -3.20. The summed E-state index contributed by atoms with van der Waals surface area (Å²) in [5.74, 6) is -1.74. The van der Waals surface area contributed by atoms with E-state index < -0.39 is 17.8 Å². The number of anilines is 1. The van der Waals surface area contributed by atoms with Crippen LogP contribution in [0.4, 0.5) is 5.00 Å². The highest BCUT2D eigenvalue weighted by Crippen LogP contribution is 2.34. The molecule has 0 atom stereocenters. The molecule has 3 N–H and O–H groups in total. The third kappa shape index (κ3) is 3.36. The van der Waals surface area contributed by atoms with E-state index in [1.54, 1.807) is 31.4 Å². The highest BCUT2D eigenvalue weighted by atomic mass is 32.1. The molecule has 28 heavy (non-hydrogen) atoms. The number of esters is 1. The summed E-state index contributed by atoms with van der Waals surface area (Å²) >= 11 is 0.951. The average molecular weight is 400 g/mol. The molecule has 0 aromatic carbocycles. The van der Waals surface area contributed by atoms with Gasteiger partial charge in [-0.2, -0.15) is 0 Å². The van der Waals surface area contributed by atoms with Gasteiger partial charge in [0.05, 0.1) is 22.7 Å². The number of amides is 2. The van der Waals surface area contributed by atoms with E-state index in [-0.39, 0.29) is 22.0 Å². The number of hydrogen-bond donors (Lipinski definition) is 2. The number of rotatable bonds is 5. The summed E-state index contributed by atoms with van der Waals surface area (Å²) in [6.07, 6.45) is 1.76. The molecule has 0 aliphatic heterocycles. The largest absolute Gasteiger partial charge is 0.462 e. The number of nitrogens with one attached hydrogen (secondary N) is 1. The number of nitrogens with zero attached hydrogens (tertiary/aromatic N) is 2. The van der Waals surface area contributed by atoms with Crippen molar-refractivity contribution in [2.45, 2.75) is 27.7 Å². The predicted molar refractivity (Wildman–Crippen MR) is 106 cm³/mol. The van der Waals surface area contributed by atoms with Crippen molar-refractivity contribution in [1.82, 2.24) is 9.38 Å². The van der Waals surface area contributed by atoms with Crippen molar-refractivity contribution in [3.05, 3.63) is 51.3 Å². The van der Waals surface area contributed by atoms with Gasteiger partial charge in [0.15, 0.2) is 0 Å². The van der Waals surface area contributed by atoms with Gasteiger partial charge < -0.3 is 15.8 Å². The second-order valence-electron chi connectivity index (χ2n) is 6.28. The third-order valence-electron chi connectivity index (χ3n) is 4.25. The molecule has 0 radical (unpaired) electrons. The van der Waals surface area contributed by atoms with Crippen molar-refractivity contribution in [3.8, 4) is 0 Å². The number of fused-ring (bicyclic) bond motifs is 1. The second-order valence-corrected chi connectivity index (χ2v) is 7.30. The van der Waals surface area contributed by atoms with Crippen LogP contribution in [0.2, 0.25) is 0 Å². The molecule has 3 aromatic rings. The van der Waals surface area contributed by atoms with Crippen LogP contribution in [0, 0.1) is 20.8 Å². The Balaban J connectivity index is 2.05. The third-order valence-corrected chi connectivity index (χ3v) is 5.47. The van der Waals surface area contributed by atoms with Crippen LogP contribution in [0.3, 0.4) is 0 Å². The highest BCUT2D eigenvalue weighted by Gasteiger charge is 2.27. The summed E-state index contributed by atoms with van der Waals surface area (Å²) in [5, 5.41) is 2.94. The van der Waals surface area contributed by atoms with Crippen LogP contribution in [0.15, 0.2) is 18.3 Å². The molecule has 3 heterocycles. The number of ether oxygens (including phenoxy) is 1. The summed E-state index contributed by atoms with van der Waals surface area (Å²) in [6, 6.07) is 3.74. The maximum atomic E-state index is 13.0. The first-order chi connectivity index (χ1) is 13.2. The van der Waals surface area contributed by atoms with Crippen LogP contribution in [-0.2, 0) is 4.74 Å². The van der Waals surface area contributed by atoms with E-state index >= 15 is 0 Å². The number of primary amides is 1. The summed E-state index contributed by atoms with van der Waals surface area (Å²) in [6.45, 7) is 7.11. The van der Waals surface area contributed by atoms with Gasteiger partial charge in [-0.15, -0.1) is 11.3 Å². The van der Waals surface area contributed by atoms with Crippen molar-refractivity contribution in [3.63, 3.8) is 0 Å². The summed E-state index contributed by atoms with van der Waals surface area (Å²) < 4.78 is 6.75. The molecule has 146 valence electrons. The van der Waals surface area contributed by atoms with Crippen molar-refractivity contribution in [2.75, 3.05) is 11.9 Å². The van der Waals surface area contributed by atoms with Crippen LogP contribution in [0.25, 0.3) is 5.65 Å². The molecule has 0 saturated heterocycles. The Bertz CT molecular complexity index is 1110. The molecule has 2 amide bonds. The van der Waals surface area contributed by atoms with Crippen LogP contribution in [0.1, 0.15) is 54.3 Å². The minimum atomic E-state index is -0.671. The van der Waals surface area contributed by atoms with Crippen LogP contribution >= 0.6 is 11.3 Å². The first kappa shape index (κ1) is 19.6. The molecule has 0 aliphatic carbocycles. The SMILES string of the molecule is CCOC(=O)c1c(NC(=O)c2c(C)nc3cc(C)ccn23)sc(C(N)=O)c1C. The fraction of sp³-hybridized carbons (Fsp3) is 0.263. The number of pyridine rings is 1. The van der Waals surface area contributed by atoms with Crippen molar-refractivity contribution >= 4 is 39.8 Å². The molecule has 0 fully saturated rings. The number of imidazole rings is 1. The molecule has 0 bridgehead atoms. The van der Waals surface area contributed by atoms with Crippen molar-refractivity contribution in [1.29, 1.82) is 0 Å². The number of hydrogen-bond acceptors (Lipinski definition) is 6. The lowest BCUT2D eigenvalue weighted by atomic mass is 10.1. The van der Waals surface area contributed by atoms with Crippen LogP contribution < -0.4 is 11.1 Å². The van der Waals surface area contributed by atoms with E-state index in [1.807, 2.05) is 19.1 Å². The molecule has 0 aliphatic rings. The van der Waals surface area contributed by atoms with E-state index in [1.165, 1.54) is 0 Å². The van der Waals surface area contributed by atoms with Gasteiger partial charge in [0.25, 0.3) is 11.8 Å². The normalized spacial score (nSPS) is 10.9. The average Bonchev–Trinajstić information content (AvgIpc) is 3.10. The van der Waals surface area contributed by atoms with Crippen molar-refractivity contribution in [2.24, 2.45) is 5.73 Å². The standard InChI is InChI=1S/C19H20N4O4S/c1-5-27-19(26)13-10(3)15(16(20)24)28-18(13)22-17(25)14-11(4)21-12-8-9(2)6-7-23(12)14/h6-8H,5H2,1-4H3,(H2,20,24)(H,22,25). The number of carbonyl (C=O) groups is 3. The minimum Gasteiger partial charge on any atom is -0.462 e. The second kappa shape index (κ2) is 7.43. The zero-order valence-corrected chi connectivity index (χ0v) is 16.8. The molecular formula is C19H20N4O4S. The lowest BCUT2D eigenvalue weighted by Gasteiger charge is -2.08. The number of thiophene rings is 1. The minimum absolute atomic E-state index is 0.135. The van der Waals surface area contributed by atoms with E-state index in [0.29, 0.717) is 22.6 Å². The first-order valence-electron chi connectivity index (χ1n) is 8.61. The Morgan fingerprint density at radius 3 is 2.64 bits per heavy atom. The van der Waals surface area contributed by atoms with E-state index in [0.717, 1.165) is 16.9 Å². The quantitative estimate of drug-likeness (QED) is 0.639. The smallest absolute Gasteiger partial charge is 0.341 e. The molecule has 0 spiro atoms. The Morgan fingerprint density at radius 1 is 1.29 bits per heavy atom. The zero-order valence-electron chi connectivity index (χ0n) is 16.0. The number of aryl methyl sites for hydroxylation is 2. The zero-order chi connectivity index (χ0) is 20.6. The van der Waals surface area contributed by atoms with E-state index in [4.69, 9.17) is 10.5 Å². The predicted octanol–water partition coefficient (Wildman–Crippen LogP) is 2.85. The maximum absolute atomic E-state index is 13.0. The van der Waals surface area contributed by atoms with Gasteiger partial charge in [-0.1, -0.05) is 0 Å². The molecule has 9 heteroatoms. The molecule has 8 nitrogen and oxygen atoms in total. The molecule has 0 saturated carbocycles. The number of nitrogens with two attached hydrogens (primary N) is 1. The molecule has 0 unspecified atom stereocenters. The number of carbonyl (C=O) groups excluding carboxylic acids is 3. The fourth-order valence-electron chi connectivity index (χ4n) is 2.99. The lowest BCUT2D eigenvalue weighted by Crippen LogP contribution is -2.17. The van der Waals surface area contributed by atoms with Crippen LogP contribution in [-0.4, -0.2) is 33.8 Å². The van der Waals surface area contributed by atoms with Gasteiger partial charge in [0, 0.05) is 6.20 Å². The van der Waals surface area contributed by atoms with Crippen LogP contribution in [0.5, 0.6) is 0 Å². The van der Waals surface area contributed by atoms with Gasteiger partial charge in [0.2, 0.25) is 0 Å². The lowest BCUT2D eigenvalue weighted by molar-refractivity contribution is 0.0527. The van der Waals surface area contributed by atoms with Gasteiger partial charge in [-0.25, -0.2) is 9.78 Å². The monoisotopic (exact) mass is 400 g/mol. The highest BCUT2D eigenvalue weighted by molar-refractivity contribution is 7.18. The van der Waals surface area contributed by atoms with Gasteiger partial charge in [0.1, 0.15) is 16.3 Å². The van der Waals surface area contributed by atoms with Gasteiger partial charge in [-0.05, 0) is 51.0 Å². The van der Waals surface area contributed by atoms with Gasteiger partial charge in [-0.3, -0.25) is 14.0 Å². The number of aromatic nitrogens is 2. The Labute approximate surface area is 165 Å². The Morgan fingerprint density at radius 2 is 2.00 bits per heavy atom.